The van der Waals surface area contributed by atoms with Crippen LogP contribution in [-0.2, 0) is 4.79 Å². The first-order valence-electron chi connectivity index (χ1n) is 2.68. The van der Waals surface area contributed by atoms with E-state index in [-0.39, 0.29) is 4.48 Å². The lowest BCUT2D eigenvalue weighted by molar-refractivity contribution is -0.774. The van der Waals surface area contributed by atoms with Gasteiger partial charge in [0, 0.05) is 0 Å². The molecule has 1 unspecified atom stereocenters. The molecule has 2 N–H and O–H groups in total. The van der Waals surface area contributed by atoms with Crippen molar-refractivity contribution in [3.8, 4) is 0 Å². The summed E-state index contributed by atoms with van der Waals surface area (Å²) in [7, 11) is 1.79. The molecule has 0 aromatic carbocycles. The van der Waals surface area contributed by atoms with E-state index in [2.05, 4.69) is 0 Å². The maximum Gasteiger partial charge on any atom is 0.307 e. The third kappa shape index (κ3) is 1.09. The zero-order valence-corrected chi connectivity index (χ0v) is 5.32. The van der Waals surface area contributed by atoms with E-state index < -0.39 is 0 Å². The van der Waals surface area contributed by atoms with E-state index in [0.29, 0.717) is 6.67 Å². The van der Waals surface area contributed by atoms with Crippen LogP contribution in [0.5, 0.6) is 0 Å². The summed E-state index contributed by atoms with van der Waals surface area (Å²) in [5.41, 5.74) is 0. The van der Waals surface area contributed by atoms with Crippen LogP contribution in [0.25, 0.3) is 0 Å². The van der Waals surface area contributed by atoms with Crippen LogP contribution in [0.4, 0.5) is 0 Å². The van der Waals surface area contributed by atoms with Crippen molar-refractivity contribution in [2.75, 3.05) is 13.7 Å². The zero-order valence-electron chi connectivity index (χ0n) is 5.32. The highest BCUT2D eigenvalue weighted by Gasteiger charge is 2.24. The SMILES string of the molecule is C[N+]1(C=O)C=CN(N)C1. The Kier molecular flexibility index (Phi) is 1.27. The molecular weight excluding hydrogens is 118 g/mol. The van der Waals surface area contributed by atoms with Gasteiger partial charge in [-0.25, -0.2) is 15.1 Å². The van der Waals surface area contributed by atoms with Crippen molar-refractivity contribution in [3.63, 3.8) is 0 Å². The Bertz CT molecular complexity index is 156. The minimum atomic E-state index is 0.247. The van der Waals surface area contributed by atoms with E-state index in [1.165, 1.54) is 5.01 Å². The summed E-state index contributed by atoms with van der Waals surface area (Å²) >= 11 is 0. The first-order chi connectivity index (χ1) is 4.16. The maximum atomic E-state index is 10.3. The number of hydrogen-bond donors (Lipinski definition) is 1. The molecule has 0 aromatic rings. The van der Waals surface area contributed by atoms with E-state index >= 15 is 0 Å². The lowest BCUT2D eigenvalue weighted by atomic mass is 10.7. The fraction of sp³-hybridized carbons (Fsp3) is 0.400. The second kappa shape index (κ2) is 1.82. The van der Waals surface area contributed by atoms with Gasteiger partial charge in [0.05, 0.1) is 13.2 Å². The van der Waals surface area contributed by atoms with Crippen molar-refractivity contribution in [2.24, 2.45) is 5.84 Å². The van der Waals surface area contributed by atoms with Crippen LogP contribution in [0, 0.1) is 0 Å². The topological polar surface area (TPSA) is 46.3 Å². The highest BCUT2D eigenvalue weighted by Crippen LogP contribution is 2.07. The van der Waals surface area contributed by atoms with Gasteiger partial charge in [-0.15, -0.1) is 0 Å². The Morgan fingerprint density at radius 1 is 1.89 bits per heavy atom. The van der Waals surface area contributed by atoms with Gasteiger partial charge in [-0.1, -0.05) is 0 Å². The number of carbonyl (C=O) groups is 1. The minimum absolute atomic E-state index is 0.247. The highest BCUT2D eigenvalue weighted by molar-refractivity contribution is 5.38. The first kappa shape index (κ1) is 6.25. The zero-order chi connectivity index (χ0) is 6.91. The number of rotatable bonds is 1. The summed E-state index contributed by atoms with van der Waals surface area (Å²) in [5.74, 6) is 5.36. The largest absolute Gasteiger partial charge is 0.307 e. The van der Waals surface area contributed by atoms with Gasteiger partial charge in [-0.3, -0.25) is 5.01 Å². The Morgan fingerprint density at radius 2 is 2.56 bits per heavy atom. The van der Waals surface area contributed by atoms with Crippen LogP contribution < -0.4 is 5.84 Å². The number of carbonyl (C=O) groups excluding carboxylic acids is 1. The molecule has 9 heavy (non-hydrogen) atoms. The predicted octanol–water partition coefficient (Wildman–Crippen LogP) is -0.793. The van der Waals surface area contributed by atoms with Crippen LogP contribution in [0.15, 0.2) is 12.4 Å². The molecule has 0 bridgehead atoms. The fourth-order valence-corrected chi connectivity index (χ4v) is 0.753. The number of nitrogens with zero attached hydrogens (tertiary/aromatic N) is 2. The summed E-state index contributed by atoms with van der Waals surface area (Å²) in [6.07, 6.45) is 4.28. The number of quaternary nitrogens is 1. The van der Waals surface area contributed by atoms with Gasteiger partial charge in [0.2, 0.25) is 0 Å². The molecule has 4 heteroatoms. The summed E-state index contributed by atoms with van der Waals surface area (Å²) in [4.78, 5) is 10.3. The quantitative estimate of drug-likeness (QED) is 0.286. The second-order valence-corrected chi connectivity index (χ2v) is 2.41. The van der Waals surface area contributed by atoms with Crippen molar-refractivity contribution >= 4 is 6.41 Å². The van der Waals surface area contributed by atoms with Gasteiger partial charge in [-0.05, 0) is 0 Å². The molecule has 0 aliphatic carbocycles. The predicted molar refractivity (Wildman–Crippen MR) is 32.3 cm³/mol. The van der Waals surface area contributed by atoms with E-state index in [4.69, 9.17) is 5.84 Å². The van der Waals surface area contributed by atoms with E-state index in [1.807, 2.05) is 0 Å². The maximum absolute atomic E-state index is 10.3. The standard InChI is InChI=1S/C5H10N3O/c1-8(5-9)3-2-7(6)4-8/h2-3,5H,4,6H2,1H3/q+1. The van der Waals surface area contributed by atoms with E-state index in [9.17, 15) is 4.79 Å². The number of hydrogen-bond acceptors (Lipinski definition) is 3. The van der Waals surface area contributed by atoms with Gasteiger partial charge >= 0.3 is 6.41 Å². The fourth-order valence-electron chi connectivity index (χ4n) is 0.753. The Balaban J connectivity index is 2.67. The Morgan fingerprint density at radius 3 is 2.78 bits per heavy atom. The smallest absolute Gasteiger partial charge is 0.263 e. The molecule has 1 rings (SSSR count). The molecule has 50 valence electrons. The summed E-state index contributed by atoms with van der Waals surface area (Å²) in [6.45, 7) is 0.531. The average molecular weight is 128 g/mol. The molecule has 1 atom stereocenters. The van der Waals surface area contributed by atoms with Crippen molar-refractivity contribution < 1.29 is 9.28 Å². The number of amides is 1. The van der Waals surface area contributed by atoms with Crippen LogP contribution >= 0.6 is 0 Å². The van der Waals surface area contributed by atoms with Crippen LogP contribution in [0.3, 0.4) is 0 Å². The highest BCUT2D eigenvalue weighted by atomic mass is 16.1. The molecule has 0 fully saturated rings. The molecule has 1 aliphatic heterocycles. The number of nitrogens with two attached hydrogens (primary N) is 1. The molecule has 0 spiro atoms. The number of hydrazine groups is 1. The van der Waals surface area contributed by atoms with E-state index in [1.54, 1.807) is 19.4 Å². The molecule has 4 nitrogen and oxygen atoms in total. The molecule has 0 saturated carbocycles. The van der Waals surface area contributed by atoms with Crippen LogP contribution in [-0.4, -0.2) is 29.6 Å². The molecular formula is C5H10N3O+. The third-order valence-electron chi connectivity index (χ3n) is 1.31. The van der Waals surface area contributed by atoms with E-state index in [0.717, 1.165) is 6.41 Å². The van der Waals surface area contributed by atoms with Gasteiger partial charge in [-0.2, -0.15) is 0 Å². The molecule has 0 saturated heterocycles. The molecule has 1 aliphatic rings. The first-order valence-corrected chi connectivity index (χ1v) is 2.68. The molecule has 1 amide bonds. The normalized spacial score (nSPS) is 33.3. The van der Waals surface area contributed by atoms with Gasteiger partial charge in [0.1, 0.15) is 6.20 Å². The van der Waals surface area contributed by atoms with Crippen molar-refractivity contribution in [2.45, 2.75) is 0 Å². The van der Waals surface area contributed by atoms with Gasteiger partial charge < -0.3 is 0 Å². The molecule has 0 aromatic heterocycles. The van der Waals surface area contributed by atoms with Gasteiger partial charge in [0.15, 0.2) is 6.67 Å². The average Bonchev–Trinajstić information content (AvgIpc) is 2.13. The Hall–Kier alpha value is -0.870. The second-order valence-electron chi connectivity index (χ2n) is 2.41. The van der Waals surface area contributed by atoms with Crippen molar-refractivity contribution in [1.29, 1.82) is 0 Å². The molecule has 1 heterocycles. The summed E-state index contributed by atoms with van der Waals surface area (Å²) < 4.78 is 0.247. The minimum Gasteiger partial charge on any atom is -0.263 e. The summed E-state index contributed by atoms with van der Waals surface area (Å²) in [5, 5.41) is 1.48. The Labute approximate surface area is 53.7 Å². The van der Waals surface area contributed by atoms with Crippen molar-refractivity contribution in [1.82, 2.24) is 5.01 Å². The lowest BCUT2D eigenvalue weighted by Gasteiger charge is -2.17. The lowest BCUT2D eigenvalue weighted by Crippen LogP contribution is -2.41. The monoisotopic (exact) mass is 128 g/mol. The third-order valence-corrected chi connectivity index (χ3v) is 1.31. The van der Waals surface area contributed by atoms with Crippen molar-refractivity contribution in [3.05, 3.63) is 12.4 Å². The van der Waals surface area contributed by atoms with Crippen LogP contribution in [0.1, 0.15) is 0 Å². The molecule has 0 radical (unpaired) electrons. The summed E-state index contributed by atoms with van der Waals surface area (Å²) in [6, 6.07) is 0. The van der Waals surface area contributed by atoms with Gasteiger partial charge in [0.25, 0.3) is 0 Å². The van der Waals surface area contributed by atoms with Crippen LogP contribution in [0.2, 0.25) is 0 Å².